The second kappa shape index (κ2) is 13.4. The van der Waals surface area contributed by atoms with Gasteiger partial charge in [0.25, 0.3) is 5.56 Å². The van der Waals surface area contributed by atoms with E-state index in [1.54, 1.807) is 13.1 Å². The average Bonchev–Trinajstić information content (AvgIpc) is 3.31. The molecule has 0 aliphatic rings. The summed E-state index contributed by atoms with van der Waals surface area (Å²) in [7, 11) is 0. The Bertz CT molecular complexity index is 1540. The molecule has 5 N–H and O–H groups in total. The van der Waals surface area contributed by atoms with E-state index < -0.39 is 6.09 Å². The van der Waals surface area contributed by atoms with Gasteiger partial charge in [0.15, 0.2) is 5.82 Å². The number of rotatable bonds is 13. The first-order valence-corrected chi connectivity index (χ1v) is 13.1. The molecule has 40 heavy (non-hydrogen) atoms. The Balaban J connectivity index is 1.28. The molecule has 0 fully saturated rings. The predicted molar refractivity (Wildman–Crippen MR) is 152 cm³/mol. The number of aromatic amines is 1. The Hall–Kier alpha value is -4.64. The number of ether oxygens (including phenoxy) is 1. The third kappa shape index (κ3) is 7.70. The maximum atomic E-state index is 13.1. The summed E-state index contributed by atoms with van der Waals surface area (Å²) in [4.78, 5) is 43.7. The van der Waals surface area contributed by atoms with Crippen molar-refractivity contribution >= 4 is 28.7 Å². The Morgan fingerprint density at radius 2 is 1.88 bits per heavy atom. The van der Waals surface area contributed by atoms with Gasteiger partial charge in [0, 0.05) is 48.6 Å². The summed E-state index contributed by atoms with van der Waals surface area (Å²) in [6.07, 6.45) is 3.11. The van der Waals surface area contributed by atoms with E-state index in [0.29, 0.717) is 31.8 Å². The molecule has 2 amide bonds. The number of hydrogen-bond acceptors (Lipinski definition) is 6. The lowest BCUT2D eigenvalue weighted by molar-refractivity contribution is -0.121. The molecule has 4 aromatic rings. The van der Waals surface area contributed by atoms with Crippen molar-refractivity contribution in [3.05, 3.63) is 93.2 Å². The van der Waals surface area contributed by atoms with Crippen molar-refractivity contribution in [3.63, 3.8) is 0 Å². The monoisotopic (exact) mass is 546 g/mol. The fraction of sp³-hybridized carbons (Fsp3) is 0.310. The lowest BCUT2D eigenvalue weighted by atomic mass is 10.1. The van der Waals surface area contributed by atoms with Crippen LogP contribution in [0.2, 0.25) is 0 Å². The minimum absolute atomic E-state index is 0.0999. The van der Waals surface area contributed by atoms with Crippen LogP contribution in [0.25, 0.3) is 10.9 Å². The van der Waals surface area contributed by atoms with Crippen molar-refractivity contribution in [2.75, 3.05) is 25.0 Å². The smallest absolute Gasteiger partial charge is 0.404 e. The van der Waals surface area contributed by atoms with Gasteiger partial charge < -0.3 is 30.8 Å². The van der Waals surface area contributed by atoms with E-state index in [0.717, 1.165) is 33.2 Å². The minimum atomic E-state index is -1.08. The number of hydrogen-bond donors (Lipinski definition) is 5. The minimum Gasteiger partial charge on any atom is -0.465 e. The normalized spacial score (nSPS) is 10.9. The third-order valence-electron chi connectivity index (χ3n) is 6.49. The maximum Gasteiger partial charge on any atom is 0.404 e. The second-order valence-electron chi connectivity index (χ2n) is 9.55. The highest BCUT2D eigenvalue weighted by Gasteiger charge is 2.12. The number of carbonyl (C=O) groups is 2. The molecule has 2 aromatic heterocycles. The summed E-state index contributed by atoms with van der Waals surface area (Å²) >= 11 is 0. The molecule has 0 aliphatic carbocycles. The van der Waals surface area contributed by atoms with Gasteiger partial charge in [-0.05, 0) is 54.7 Å². The highest BCUT2D eigenvalue weighted by atomic mass is 16.5. The van der Waals surface area contributed by atoms with Crippen LogP contribution in [0.5, 0.6) is 0 Å². The van der Waals surface area contributed by atoms with Crippen LogP contribution in [0.15, 0.2) is 59.7 Å². The SMILES string of the molecule is Cc1c[nH]c2ccc(CNC(=O)Cn3c(C)cnc(NCCc4cccc(COCCNC(=O)O)c4)c3=O)cc12. The molecular weight excluding hydrogens is 512 g/mol. The van der Waals surface area contributed by atoms with Gasteiger partial charge in [-0.1, -0.05) is 30.3 Å². The average molecular weight is 547 g/mol. The number of aryl methyl sites for hydroxylation is 2. The van der Waals surface area contributed by atoms with E-state index in [1.165, 1.54) is 4.57 Å². The number of carboxylic acid groups (broad SMARTS) is 1. The number of benzene rings is 2. The van der Waals surface area contributed by atoms with Gasteiger partial charge in [0.1, 0.15) is 6.54 Å². The van der Waals surface area contributed by atoms with Gasteiger partial charge in [-0.2, -0.15) is 0 Å². The number of anilines is 1. The van der Waals surface area contributed by atoms with Crippen LogP contribution in [0.4, 0.5) is 10.6 Å². The predicted octanol–water partition coefficient (Wildman–Crippen LogP) is 3.10. The fourth-order valence-electron chi connectivity index (χ4n) is 4.33. The van der Waals surface area contributed by atoms with Crippen LogP contribution in [-0.4, -0.2) is 51.3 Å². The highest BCUT2D eigenvalue weighted by Crippen LogP contribution is 2.19. The Labute approximate surface area is 231 Å². The molecule has 11 heteroatoms. The molecule has 0 atom stereocenters. The van der Waals surface area contributed by atoms with Crippen molar-refractivity contribution in [3.8, 4) is 0 Å². The van der Waals surface area contributed by atoms with Crippen molar-refractivity contribution in [2.45, 2.75) is 40.0 Å². The standard InChI is InChI=1S/C29H34N6O5/c1-19-14-32-25-7-6-22(13-24(19)25)16-33-26(36)17-35-20(2)15-34-27(28(35)37)30-9-8-21-4-3-5-23(12-21)18-40-11-10-31-29(38)39/h3-7,12-15,31-32H,8-11,16-18H2,1-2H3,(H,30,34)(H,33,36)(H,38,39). The number of nitrogens with zero attached hydrogens (tertiary/aromatic N) is 2. The summed E-state index contributed by atoms with van der Waals surface area (Å²) in [5, 5.41) is 18.0. The zero-order chi connectivity index (χ0) is 28.5. The number of aromatic nitrogens is 3. The number of carbonyl (C=O) groups excluding carboxylic acids is 1. The van der Waals surface area contributed by atoms with Crippen molar-refractivity contribution < 1.29 is 19.4 Å². The van der Waals surface area contributed by atoms with Crippen LogP contribution in [-0.2, 0) is 35.6 Å². The molecule has 11 nitrogen and oxygen atoms in total. The summed E-state index contributed by atoms with van der Waals surface area (Å²) < 4.78 is 6.92. The van der Waals surface area contributed by atoms with Crippen molar-refractivity contribution in [1.82, 2.24) is 25.2 Å². The van der Waals surface area contributed by atoms with Crippen LogP contribution >= 0.6 is 0 Å². The van der Waals surface area contributed by atoms with E-state index in [4.69, 9.17) is 9.84 Å². The fourth-order valence-corrected chi connectivity index (χ4v) is 4.33. The molecule has 0 saturated heterocycles. The van der Waals surface area contributed by atoms with E-state index in [2.05, 4.69) is 32.0 Å². The number of H-pyrrole nitrogens is 1. The quantitative estimate of drug-likeness (QED) is 0.162. The van der Waals surface area contributed by atoms with Gasteiger partial charge >= 0.3 is 6.09 Å². The molecule has 0 aliphatic heterocycles. The first-order chi connectivity index (χ1) is 19.3. The Morgan fingerprint density at radius 3 is 2.70 bits per heavy atom. The summed E-state index contributed by atoms with van der Waals surface area (Å²) in [5.74, 6) is -0.0665. The molecule has 0 radical (unpaired) electrons. The van der Waals surface area contributed by atoms with Crippen molar-refractivity contribution in [1.29, 1.82) is 0 Å². The molecule has 0 saturated carbocycles. The zero-order valence-corrected chi connectivity index (χ0v) is 22.6. The van der Waals surface area contributed by atoms with Crippen LogP contribution in [0.3, 0.4) is 0 Å². The van der Waals surface area contributed by atoms with E-state index in [-0.39, 0.29) is 37.0 Å². The van der Waals surface area contributed by atoms with Gasteiger partial charge in [0.2, 0.25) is 5.91 Å². The number of fused-ring (bicyclic) bond motifs is 1. The number of nitrogens with one attached hydrogen (secondary N) is 4. The van der Waals surface area contributed by atoms with Crippen LogP contribution < -0.4 is 21.5 Å². The third-order valence-corrected chi connectivity index (χ3v) is 6.49. The summed E-state index contributed by atoms with van der Waals surface area (Å²) in [5.41, 5.74) is 5.45. The highest BCUT2D eigenvalue weighted by molar-refractivity contribution is 5.83. The Kier molecular flexibility index (Phi) is 9.53. The molecule has 0 spiro atoms. The van der Waals surface area contributed by atoms with E-state index >= 15 is 0 Å². The largest absolute Gasteiger partial charge is 0.465 e. The first kappa shape index (κ1) is 28.4. The molecule has 0 bridgehead atoms. The lowest BCUT2D eigenvalue weighted by Crippen LogP contribution is -2.34. The van der Waals surface area contributed by atoms with E-state index in [1.807, 2.05) is 49.5 Å². The van der Waals surface area contributed by atoms with Gasteiger partial charge in [-0.15, -0.1) is 0 Å². The molecular formula is C29H34N6O5. The molecule has 2 heterocycles. The Morgan fingerprint density at radius 1 is 1.05 bits per heavy atom. The molecule has 210 valence electrons. The zero-order valence-electron chi connectivity index (χ0n) is 22.6. The molecule has 4 rings (SSSR count). The van der Waals surface area contributed by atoms with Crippen LogP contribution in [0.1, 0.15) is 27.9 Å². The summed E-state index contributed by atoms with van der Waals surface area (Å²) in [6.45, 7) is 5.41. The maximum absolute atomic E-state index is 13.1. The topological polar surface area (TPSA) is 150 Å². The molecule has 0 unspecified atom stereocenters. The lowest BCUT2D eigenvalue weighted by Gasteiger charge is -2.13. The van der Waals surface area contributed by atoms with Crippen molar-refractivity contribution in [2.24, 2.45) is 0 Å². The van der Waals surface area contributed by atoms with Gasteiger partial charge in [-0.3, -0.25) is 14.2 Å². The van der Waals surface area contributed by atoms with Gasteiger partial charge in [-0.25, -0.2) is 9.78 Å². The number of amides is 2. The van der Waals surface area contributed by atoms with Crippen LogP contribution in [0, 0.1) is 13.8 Å². The first-order valence-electron chi connectivity index (χ1n) is 13.1. The second-order valence-corrected chi connectivity index (χ2v) is 9.55. The molecule has 2 aromatic carbocycles. The van der Waals surface area contributed by atoms with Gasteiger partial charge in [0.05, 0.1) is 13.2 Å². The summed E-state index contributed by atoms with van der Waals surface area (Å²) in [6, 6.07) is 13.9. The van der Waals surface area contributed by atoms with E-state index in [9.17, 15) is 14.4 Å².